The van der Waals surface area contributed by atoms with Crippen molar-refractivity contribution >= 4 is 17.5 Å². The number of aliphatic imine (C=N–C) groups is 1. The molecule has 1 aromatic rings. The Morgan fingerprint density at radius 3 is 3.11 bits per heavy atom. The molecule has 2 aliphatic rings. The van der Waals surface area contributed by atoms with E-state index >= 15 is 0 Å². The zero-order valence-corrected chi connectivity index (χ0v) is 10.5. The van der Waals surface area contributed by atoms with Crippen molar-refractivity contribution in [3.8, 4) is 0 Å². The van der Waals surface area contributed by atoms with Crippen LogP contribution in [0.3, 0.4) is 0 Å². The maximum Gasteiger partial charge on any atom is 0.122 e. The van der Waals surface area contributed by atoms with E-state index in [-0.39, 0.29) is 0 Å². The summed E-state index contributed by atoms with van der Waals surface area (Å²) >= 11 is 6.01. The number of aliphatic hydroxyl groups is 1. The van der Waals surface area contributed by atoms with Crippen molar-refractivity contribution in [3.63, 3.8) is 0 Å². The highest BCUT2D eigenvalue weighted by Gasteiger charge is 2.23. The first-order valence-electron chi connectivity index (χ1n) is 5.91. The van der Waals surface area contributed by atoms with E-state index in [9.17, 15) is 5.11 Å². The van der Waals surface area contributed by atoms with Crippen LogP contribution in [0.2, 0.25) is 5.02 Å². The van der Waals surface area contributed by atoms with Crippen LogP contribution >= 0.6 is 11.6 Å². The lowest BCUT2D eigenvalue weighted by atomic mass is 10.0. The Bertz CT molecular complexity index is 621. The van der Waals surface area contributed by atoms with E-state index in [2.05, 4.69) is 10.9 Å². The van der Waals surface area contributed by atoms with Crippen molar-refractivity contribution in [2.24, 2.45) is 4.99 Å². The van der Waals surface area contributed by atoms with Gasteiger partial charge in [-0.05, 0) is 53.6 Å². The number of aryl methyl sites for hydroxylation is 1. The quantitative estimate of drug-likeness (QED) is 0.759. The lowest BCUT2D eigenvalue weighted by molar-refractivity contribution is 0.213. The van der Waals surface area contributed by atoms with E-state index in [0.29, 0.717) is 10.7 Å². The van der Waals surface area contributed by atoms with Crippen LogP contribution in [0.4, 0.5) is 0 Å². The molecule has 1 atom stereocenters. The van der Waals surface area contributed by atoms with Gasteiger partial charge < -0.3 is 5.11 Å². The Morgan fingerprint density at radius 1 is 1.33 bits per heavy atom. The molecule has 1 aliphatic carbocycles. The highest BCUT2D eigenvalue weighted by Crippen LogP contribution is 2.35. The molecule has 1 heterocycles. The monoisotopic (exact) mass is 257 g/mol. The average molecular weight is 258 g/mol. The molecule has 0 saturated heterocycles. The van der Waals surface area contributed by atoms with E-state index in [1.165, 1.54) is 0 Å². The lowest BCUT2D eigenvalue weighted by Gasteiger charge is -2.13. The summed E-state index contributed by atoms with van der Waals surface area (Å²) in [5.74, 6) is 2.82. The van der Waals surface area contributed by atoms with Gasteiger partial charge in [0.15, 0.2) is 0 Å². The summed E-state index contributed by atoms with van der Waals surface area (Å²) in [6, 6.07) is 5.61. The molecular weight excluding hydrogens is 246 g/mol. The first-order valence-corrected chi connectivity index (χ1v) is 6.29. The molecule has 2 nitrogen and oxygen atoms in total. The van der Waals surface area contributed by atoms with Crippen LogP contribution in [0.5, 0.6) is 0 Å². The highest BCUT2D eigenvalue weighted by atomic mass is 35.5. The van der Waals surface area contributed by atoms with E-state index in [1.54, 1.807) is 12.1 Å². The van der Waals surface area contributed by atoms with E-state index in [1.807, 2.05) is 24.3 Å². The number of aliphatic hydroxyl groups excluding tert-OH is 1. The van der Waals surface area contributed by atoms with Gasteiger partial charge in [0.2, 0.25) is 0 Å². The van der Waals surface area contributed by atoms with Crippen molar-refractivity contribution in [1.29, 1.82) is 0 Å². The summed E-state index contributed by atoms with van der Waals surface area (Å²) < 4.78 is 0. The number of fused-ring (bicyclic) bond motifs is 1. The predicted molar refractivity (Wildman–Crippen MR) is 72.9 cm³/mol. The van der Waals surface area contributed by atoms with Gasteiger partial charge >= 0.3 is 0 Å². The van der Waals surface area contributed by atoms with Gasteiger partial charge in [0.25, 0.3) is 0 Å². The Balaban J connectivity index is 2.14. The fraction of sp³-hybridized carbons (Fsp3) is 0.200. The third-order valence-corrected chi connectivity index (χ3v) is 3.54. The third kappa shape index (κ3) is 1.95. The van der Waals surface area contributed by atoms with Crippen molar-refractivity contribution in [2.45, 2.75) is 18.9 Å². The average Bonchev–Trinajstić information content (AvgIpc) is 2.65. The molecule has 0 saturated carbocycles. The Hall–Kier alpha value is -1.60. The maximum atomic E-state index is 10.5. The van der Waals surface area contributed by atoms with Crippen LogP contribution in [0.25, 0.3) is 0 Å². The normalized spacial score (nSPS) is 21.3. The Kier molecular flexibility index (Phi) is 2.92. The minimum Gasteiger partial charge on any atom is -0.382 e. The number of nitrogens with zero attached hydrogens (tertiary/aromatic N) is 1. The molecule has 0 bridgehead atoms. The molecule has 1 unspecified atom stereocenters. The molecule has 3 rings (SSSR count). The predicted octanol–water partition coefficient (Wildman–Crippen LogP) is 3.37. The van der Waals surface area contributed by atoms with Crippen LogP contribution in [0.15, 0.2) is 52.7 Å². The molecule has 1 aliphatic heterocycles. The van der Waals surface area contributed by atoms with E-state index < -0.39 is 6.10 Å². The van der Waals surface area contributed by atoms with Crippen LogP contribution in [-0.4, -0.2) is 11.0 Å². The second-order valence-corrected chi connectivity index (χ2v) is 4.86. The number of benzene rings is 1. The first kappa shape index (κ1) is 11.5. The summed E-state index contributed by atoms with van der Waals surface area (Å²) in [5.41, 5.74) is 3.75. The van der Waals surface area contributed by atoms with Gasteiger partial charge in [-0.15, -0.1) is 0 Å². The third-order valence-electron chi connectivity index (χ3n) is 3.30. The maximum absolute atomic E-state index is 10.5. The van der Waals surface area contributed by atoms with Crippen LogP contribution in [0.1, 0.15) is 23.7 Å². The fourth-order valence-electron chi connectivity index (χ4n) is 2.39. The van der Waals surface area contributed by atoms with Gasteiger partial charge in [-0.25, -0.2) is 4.99 Å². The standard InChI is InChI=1S/C15H12ClNO/c16-12-6-7-13-11(9-12)5-4-10-3-1-2-8-17-14(10)15(13)18/h1-3,6-7,9,15,18H,4-5H2. The molecule has 18 heavy (non-hydrogen) atoms. The second-order valence-electron chi connectivity index (χ2n) is 4.42. The Morgan fingerprint density at radius 2 is 2.22 bits per heavy atom. The molecule has 0 fully saturated rings. The molecule has 3 heteroatoms. The fourth-order valence-corrected chi connectivity index (χ4v) is 2.59. The summed E-state index contributed by atoms with van der Waals surface area (Å²) in [6.45, 7) is 0. The number of hydrogen-bond acceptors (Lipinski definition) is 2. The minimum absolute atomic E-state index is 0.695. The summed E-state index contributed by atoms with van der Waals surface area (Å²) in [4.78, 5) is 4.24. The first-order chi connectivity index (χ1) is 8.75. The topological polar surface area (TPSA) is 32.6 Å². The van der Waals surface area contributed by atoms with Crippen molar-refractivity contribution in [2.75, 3.05) is 0 Å². The second kappa shape index (κ2) is 4.58. The number of rotatable bonds is 0. The molecule has 0 aromatic heterocycles. The van der Waals surface area contributed by atoms with Gasteiger partial charge in [0, 0.05) is 5.02 Å². The zero-order chi connectivity index (χ0) is 12.5. The summed E-state index contributed by atoms with van der Waals surface area (Å²) in [5, 5.41) is 11.2. The summed E-state index contributed by atoms with van der Waals surface area (Å²) in [7, 11) is 0. The Labute approximate surface area is 111 Å². The SMILES string of the molecule is OC1C2=C(C=CC=C=N2)CCc2cc(Cl)ccc21. The van der Waals surface area contributed by atoms with Crippen LogP contribution in [0, 0.1) is 0 Å². The van der Waals surface area contributed by atoms with E-state index in [4.69, 9.17) is 11.6 Å². The molecule has 0 spiro atoms. The van der Waals surface area contributed by atoms with E-state index in [0.717, 1.165) is 29.5 Å². The zero-order valence-electron chi connectivity index (χ0n) is 9.73. The van der Waals surface area contributed by atoms with Gasteiger partial charge in [0.05, 0.1) is 5.70 Å². The van der Waals surface area contributed by atoms with Crippen molar-refractivity contribution < 1.29 is 5.11 Å². The van der Waals surface area contributed by atoms with Gasteiger partial charge in [-0.3, -0.25) is 0 Å². The van der Waals surface area contributed by atoms with Gasteiger partial charge in [0.1, 0.15) is 6.10 Å². The molecule has 90 valence electrons. The lowest BCUT2D eigenvalue weighted by Crippen LogP contribution is -2.02. The van der Waals surface area contributed by atoms with Crippen molar-refractivity contribution in [3.05, 3.63) is 63.8 Å². The van der Waals surface area contributed by atoms with Crippen LogP contribution in [-0.2, 0) is 6.42 Å². The van der Waals surface area contributed by atoms with Gasteiger partial charge in [-0.2, -0.15) is 0 Å². The molecular formula is C15H12ClNO. The van der Waals surface area contributed by atoms with Crippen molar-refractivity contribution in [1.82, 2.24) is 0 Å². The number of halogens is 1. The highest BCUT2D eigenvalue weighted by molar-refractivity contribution is 6.30. The van der Waals surface area contributed by atoms with Crippen LogP contribution < -0.4 is 0 Å². The largest absolute Gasteiger partial charge is 0.382 e. The molecule has 1 N–H and O–H groups in total. The molecule has 0 amide bonds. The number of allylic oxidation sites excluding steroid dienone is 4. The minimum atomic E-state index is -0.696. The smallest absolute Gasteiger partial charge is 0.122 e. The number of hydrogen-bond donors (Lipinski definition) is 1. The van der Waals surface area contributed by atoms with Gasteiger partial charge in [-0.1, -0.05) is 29.8 Å². The molecule has 1 aromatic carbocycles. The molecule has 0 radical (unpaired) electrons. The summed E-state index contributed by atoms with van der Waals surface area (Å²) in [6.07, 6.45) is 6.68.